The Morgan fingerprint density at radius 1 is 1.13 bits per heavy atom. The summed E-state index contributed by atoms with van der Waals surface area (Å²) in [5, 5.41) is 4.73. The van der Waals surface area contributed by atoms with Crippen LogP contribution in [-0.4, -0.2) is 27.4 Å². The average molecular weight is 507 g/mol. The van der Waals surface area contributed by atoms with E-state index in [1.807, 2.05) is 24.3 Å². The number of nitrogens with zero attached hydrogens (tertiary/aromatic N) is 2. The number of methoxy groups -OCH3 is 1. The monoisotopic (exact) mass is 506 g/mol. The fourth-order valence-corrected chi connectivity index (χ4v) is 5.44. The Kier molecular flexibility index (Phi) is 7.56. The molecule has 0 aliphatic carbocycles. The van der Waals surface area contributed by atoms with Gasteiger partial charge in [0, 0.05) is 23.6 Å². The van der Waals surface area contributed by atoms with E-state index in [1.165, 1.54) is 7.11 Å². The van der Waals surface area contributed by atoms with Crippen molar-refractivity contribution in [3.05, 3.63) is 64.9 Å². The van der Waals surface area contributed by atoms with Crippen molar-refractivity contribution in [3.63, 3.8) is 0 Å². The molecule has 1 heterocycles. The predicted molar refractivity (Wildman–Crippen MR) is 126 cm³/mol. The number of alkyl halides is 1. The van der Waals surface area contributed by atoms with Gasteiger partial charge in [0.2, 0.25) is 0 Å². The summed E-state index contributed by atoms with van der Waals surface area (Å²) < 4.78 is 39.3. The Morgan fingerprint density at radius 3 is 2.48 bits per heavy atom. The minimum absolute atomic E-state index is 0.173. The number of hydrogen-bond acceptors (Lipinski definition) is 5. The molecule has 0 spiro atoms. The summed E-state index contributed by atoms with van der Waals surface area (Å²) in [4.78, 5) is 0.205. The van der Waals surface area contributed by atoms with Gasteiger partial charge in [0.1, 0.15) is 12.5 Å². The van der Waals surface area contributed by atoms with Crippen LogP contribution < -0.4 is 4.31 Å². The number of sulfonamides is 1. The molecule has 31 heavy (non-hydrogen) atoms. The van der Waals surface area contributed by atoms with Gasteiger partial charge in [-0.1, -0.05) is 70.8 Å². The number of benzene rings is 2. The number of anilines is 1. The van der Waals surface area contributed by atoms with Crippen molar-refractivity contribution < 1.29 is 17.7 Å². The topological polar surface area (TPSA) is 72.6 Å². The zero-order chi connectivity index (χ0) is 22.6. The third-order valence-corrected chi connectivity index (χ3v) is 7.62. The number of halogens is 1. The molecule has 0 saturated carbocycles. The lowest BCUT2D eigenvalue weighted by Crippen LogP contribution is -2.34. The summed E-state index contributed by atoms with van der Waals surface area (Å²) in [6.07, 6.45) is 1.81. The van der Waals surface area contributed by atoms with Crippen LogP contribution in [0.2, 0.25) is 0 Å². The second kappa shape index (κ2) is 9.97. The van der Waals surface area contributed by atoms with Gasteiger partial charge in [-0.25, -0.2) is 12.7 Å². The molecular formula is C23H27BrN2O4S. The van der Waals surface area contributed by atoms with Crippen LogP contribution in [0.4, 0.5) is 5.82 Å². The highest BCUT2D eigenvalue weighted by atomic mass is 79.9. The van der Waals surface area contributed by atoms with Crippen LogP contribution in [0.1, 0.15) is 35.8 Å². The SMILES string of the molecule is CCCc1cc(CBr)ccc1-c1ccccc1S(=O)(=O)N(COC)c1noc(C)c1C. The number of hydrogen-bond donors (Lipinski definition) is 0. The maximum atomic E-state index is 13.8. The van der Waals surface area contributed by atoms with E-state index < -0.39 is 10.0 Å². The van der Waals surface area contributed by atoms with Gasteiger partial charge in [-0.2, -0.15) is 0 Å². The van der Waals surface area contributed by atoms with Crippen molar-refractivity contribution in [1.82, 2.24) is 5.16 Å². The van der Waals surface area contributed by atoms with E-state index in [1.54, 1.807) is 26.0 Å². The molecular weight excluding hydrogens is 480 g/mol. The predicted octanol–water partition coefficient (Wildman–Crippen LogP) is 5.61. The Labute approximate surface area is 192 Å². The average Bonchev–Trinajstić information content (AvgIpc) is 3.10. The van der Waals surface area contributed by atoms with Gasteiger partial charge >= 0.3 is 0 Å². The second-order valence-electron chi connectivity index (χ2n) is 7.33. The van der Waals surface area contributed by atoms with Crippen molar-refractivity contribution in [1.29, 1.82) is 0 Å². The van der Waals surface area contributed by atoms with Crippen molar-refractivity contribution in [2.75, 3.05) is 18.1 Å². The fraction of sp³-hybridized carbons (Fsp3) is 0.348. The quantitative estimate of drug-likeness (QED) is 0.278. The first-order valence-electron chi connectivity index (χ1n) is 10.1. The minimum Gasteiger partial charge on any atom is -0.363 e. The van der Waals surface area contributed by atoms with Crippen LogP contribution in [-0.2, 0) is 26.5 Å². The summed E-state index contributed by atoms with van der Waals surface area (Å²) in [5.74, 6) is 0.799. The van der Waals surface area contributed by atoms with Crippen molar-refractivity contribution >= 4 is 31.8 Å². The summed E-state index contributed by atoms with van der Waals surface area (Å²) >= 11 is 3.51. The zero-order valence-electron chi connectivity index (χ0n) is 18.2. The largest absolute Gasteiger partial charge is 0.363 e. The van der Waals surface area contributed by atoms with Crippen LogP contribution in [0, 0.1) is 13.8 Å². The van der Waals surface area contributed by atoms with E-state index in [9.17, 15) is 8.42 Å². The Bertz CT molecular complexity index is 1160. The lowest BCUT2D eigenvalue weighted by Gasteiger charge is -2.23. The fourth-order valence-electron chi connectivity index (χ4n) is 3.50. The Hall–Kier alpha value is -2.16. The molecule has 2 aromatic carbocycles. The lowest BCUT2D eigenvalue weighted by molar-refractivity contribution is 0.208. The summed E-state index contributed by atoms with van der Waals surface area (Å²) in [5.41, 5.74) is 4.50. The Balaban J connectivity index is 2.20. The minimum atomic E-state index is -3.98. The van der Waals surface area contributed by atoms with Crippen LogP contribution in [0.25, 0.3) is 11.1 Å². The molecule has 0 atom stereocenters. The maximum absolute atomic E-state index is 13.8. The first kappa shape index (κ1) is 23.5. The van der Waals surface area contributed by atoms with E-state index in [0.29, 0.717) is 16.9 Å². The highest BCUT2D eigenvalue weighted by Gasteiger charge is 2.31. The molecule has 0 aliphatic rings. The normalized spacial score (nSPS) is 11.6. The summed E-state index contributed by atoms with van der Waals surface area (Å²) in [6, 6.07) is 13.2. The van der Waals surface area contributed by atoms with Gasteiger partial charge < -0.3 is 9.26 Å². The van der Waals surface area contributed by atoms with Gasteiger partial charge in [0.25, 0.3) is 10.0 Å². The van der Waals surface area contributed by atoms with Gasteiger partial charge in [-0.3, -0.25) is 0 Å². The lowest BCUT2D eigenvalue weighted by atomic mass is 9.95. The van der Waals surface area contributed by atoms with E-state index in [2.05, 4.69) is 34.1 Å². The van der Waals surface area contributed by atoms with E-state index in [0.717, 1.165) is 39.2 Å². The Morgan fingerprint density at radius 2 is 1.87 bits per heavy atom. The smallest absolute Gasteiger partial charge is 0.268 e. The van der Waals surface area contributed by atoms with Gasteiger partial charge in [-0.05, 0) is 43.0 Å². The number of ether oxygens (including phenoxy) is 1. The van der Waals surface area contributed by atoms with Crippen LogP contribution in [0.15, 0.2) is 51.9 Å². The van der Waals surface area contributed by atoms with Crippen LogP contribution >= 0.6 is 15.9 Å². The molecule has 8 heteroatoms. The highest BCUT2D eigenvalue weighted by Crippen LogP contribution is 2.35. The first-order chi connectivity index (χ1) is 14.8. The maximum Gasteiger partial charge on any atom is 0.268 e. The molecule has 0 fully saturated rings. The van der Waals surface area contributed by atoms with Crippen molar-refractivity contribution in [3.8, 4) is 11.1 Å². The molecule has 3 aromatic rings. The third-order valence-electron chi connectivity index (χ3n) is 5.20. The van der Waals surface area contributed by atoms with Gasteiger partial charge in [0.05, 0.1) is 4.90 Å². The molecule has 0 radical (unpaired) electrons. The third kappa shape index (κ3) is 4.71. The van der Waals surface area contributed by atoms with Crippen molar-refractivity contribution in [2.45, 2.75) is 43.8 Å². The first-order valence-corrected chi connectivity index (χ1v) is 12.6. The molecule has 0 N–H and O–H groups in total. The summed E-state index contributed by atoms with van der Waals surface area (Å²) in [7, 11) is -2.52. The number of rotatable bonds is 9. The molecule has 0 unspecified atom stereocenters. The number of aryl methyl sites for hydroxylation is 2. The van der Waals surface area contributed by atoms with Gasteiger partial charge in [-0.15, -0.1) is 0 Å². The molecule has 6 nitrogen and oxygen atoms in total. The number of aromatic nitrogens is 1. The molecule has 0 saturated heterocycles. The summed E-state index contributed by atoms with van der Waals surface area (Å²) in [6.45, 7) is 5.47. The second-order valence-corrected chi connectivity index (χ2v) is 9.72. The standard InChI is InChI=1S/C23H27BrN2O4S/c1-5-8-19-13-18(14-24)11-12-20(19)21-9-6-7-10-22(21)31(27,28)26(15-29-4)23-16(2)17(3)30-25-23/h6-7,9-13H,5,8,14-15H2,1-4H3. The van der Waals surface area contributed by atoms with E-state index in [-0.39, 0.29) is 17.4 Å². The van der Waals surface area contributed by atoms with Crippen LogP contribution in [0.3, 0.4) is 0 Å². The van der Waals surface area contributed by atoms with Crippen LogP contribution in [0.5, 0.6) is 0 Å². The highest BCUT2D eigenvalue weighted by molar-refractivity contribution is 9.08. The molecule has 3 rings (SSSR count). The molecule has 0 amide bonds. The van der Waals surface area contributed by atoms with Crippen molar-refractivity contribution in [2.24, 2.45) is 0 Å². The zero-order valence-corrected chi connectivity index (χ0v) is 20.6. The van der Waals surface area contributed by atoms with E-state index in [4.69, 9.17) is 9.26 Å². The molecule has 0 aliphatic heterocycles. The molecule has 166 valence electrons. The molecule has 0 bridgehead atoms. The molecule has 1 aromatic heterocycles. The van der Waals surface area contributed by atoms with E-state index >= 15 is 0 Å². The van der Waals surface area contributed by atoms with Gasteiger partial charge in [0.15, 0.2) is 5.82 Å².